The smallest absolute Gasteiger partial charge is 0.266 e. The summed E-state index contributed by atoms with van der Waals surface area (Å²) < 4.78 is 17.7. The van der Waals surface area contributed by atoms with Gasteiger partial charge < -0.3 is 13.9 Å². The van der Waals surface area contributed by atoms with Gasteiger partial charge in [0.25, 0.3) is 5.91 Å². The Morgan fingerprint density at radius 2 is 1.91 bits per heavy atom. The number of rotatable bonds is 6. The van der Waals surface area contributed by atoms with Crippen molar-refractivity contribution in [1.82, 2.24) is 4.90 Å². The van der Waals surface area contributed by atoms with Crippen molar-refractivity contribution >= 4 is 40.3 Å². The van der Waals surface area contributed by atoms with E-state index in [0.717, 1.165) is 29.9 Å². The molecular weight excluding hydrogens is 442 g/mol. The minimum absolute atomic E-state index is 0.0283. The first-order valence-corrected chi connectivity index (χ1v) is 12.4. The number of amides is 1. The molecular formula is C25H27NO4S2. The van der Waals surface area contributed by atoms with Crippen molar-refractivity contribution in [3.63, 3.8) is 0 Å². The lowest BCUT2D eigenvalue weighted by molar-refractivity contribution is -0.124. The summed E-state index contributed by atoms with van der Waals surface area (Å²) in [6.45, 7) is 2.08. The summed E-state index contributed by atoms with van der Waals surface area (Å²) in [7, 11) is 3.25. The van der Waals surface area contributed by atoms with Crippen LogP contribution in [0.25, 0.3) is 17.4 Å². The first-order valence-electron chi connectivity index (χ1n) is 11.1. The lowest BCUT2D eigenvalue weighted by Gasteiger charge is -2.30. The summed E-state index contributed by atoms with van der Waals surface area (Å²) in [5, 5.41) is 0. The monoisotopic (exact) mass is 469 g/mol. The van der Waals surface area contributed by atoms with Gasteiger partial charge in [-0.25, -0.2) is 0 Å². The highest BCUT2D eigenvalue weighted by molar-refractivity contribution is 8.26. The molecule has 3 unspecified atom stereocenters. The van der Waals surface area contributed by atoms with Crippen LogP contribution in [-0.2, 0) is 11.2 Å². The highest BCUT2D eigenvalue weighted by atomic mass is 32.2. The number of methoxy groups -OCH3 is 2. The number of ether oxygens (including phenoxy) is 2. The molecule has 1 aliphatic heterocycles. The number of aryl methyl sites for hydroxylation is 1. The van der Waals surface area contributed by atoms with E-state index in [1.165, 1.54) is 31.0 Å². The van der Waals surface area contributed by atoms with Crippen molar-refractivity contribution < 1.29 is 18.7 Å². The van der Waals surface area contributed by atoms with Crippen LogP contribution in [0.5, 0.6) is 11.5 Å². The molecule has 1 saturated heterocycles. The van der Waals surface area contributed by atoms with Gasteiger partial charge in [0.2, 0.25) is 0 Å². The van der Waals surface area contributed by atoms with Gasteiger partial charge in [-0.15, -0.1) is 0 Å². The number of furan rings is 1. The molecule has 5 nitrogen and oxygen atoms in total. The highest BCUT2D eigenvalue weighted by Crippen LogP contribution is 2.49. The molecule has 0 radical (unpaired) electrons. The number of hydrogen-bond acceptors (Lipinski definition) is 6. The Labute approximate surface area is 198 Å². The van der Waals surface area contributed by atoms with E-state index in [2.05, 4.69) is 6.92 Å². The van der Waals surface area contributed by atoms with Crippen LogP contribution in [0, 0.1) is 11.8 Å². The van der Waals surface area contributed by atoms with Crippen LogP contribution in [0.3, 0.4) is 0 Å². The Hall–Kier alpha value is -2.25. The average Bonchev–Trinajstić information content (AvgIpc) is 3.58. The maximum absolute atomic E-state index is 13.3. The average molecular weight is 470 g/mol. The minimum Gasteiger partial charge on any atom is -0.497 e. The van der Waals surface area contributed by atoms with Crippen LogP contribution in [0.2, 0.25) is 0 Å². The largest absolute Gasteiger partial charge is 0.497 e. The van der Waals surface area contributed by atoms with E-state index in [1.54, 1.807) is 14.2 Å². The Bertz CT molecular complexity index is 1080. The number of nitrogens with zero attached hydrogens (tertiary/aromatic N) is 1. The first kappa shape index (κ1) is 21.6. The molecule has 3 atom stereocenters. The third-order valence-corrected chi connectivity index (χ3v) is 8.31. The van der Waals surface area contributed by atoms with E-state index >= 15 is 0 Å². The van der Waals surface area contributed by atoms with Gasteiger partial charge in [0.05, 0.1) is 19.1 Å². The Morgan fingerprint density at radius 1 is 1.16 bits per heavy atom. The molecule has 3 aliphatic rings. The Morgan fingerprint density at radius 3 is 2.50 bits per heavy atom. The van der Waals surface area contributed by atoms with Crippen LogP contribution in [-0.4, -0.2) is 35.4 Å². The molecule has 2 bridgehead atoms. The van der Waals surface area contributed by atoms with Crippen molar-refractivity contribution in [3.8, 4) is 22.8 Å². The molecule has 0 N–H and O–H groups in total. The predicted octanol–water partition coefficient (Wildman–Crippen LogP) is 5.92. The molecule has 1 aromatic carbocycles. The molecule has 2 aliphatic carbocycles. The Balaban J connectivity index is 1.45. The summed E-state index contributed by atoms with van der Waals surface area (Å²) in [5.74, 6) is 4.21. The second kappa shape index (κ2) is 8.60. The van der Waals surface area contributed by atoms with Gasteiger partial charge >= 0.3 is 0 Å². The molecule has 32 heavy (non-hydrogen) atoms. The third-order valence-electron chi connectivity index (χ3n) is 6.98. The van der Waals surface area contributed by atoms with Gasteiger partial charge in [0.1, 0.15) is 27.3 Å². The number of carbonyl (C=O) groups is 1. The van der Waals surface area contributed by atoms with Gasteiger partial charge in [-0.3, -0.25) is 9.69 Å². The summed E-state index contributed by atoms with van der Waals surface area (Å²) in [6.07, 6.45) is 7.52. The molecule has 1 amide bonds. The fraction of sp³-hybridized carbons (Fsp3) is 0.440. The zero-order valence-corrected chi connectivity index (χ0v) is 20.2. The topological polar surface area (TPSA) is 51.9 Å². The van der Waals surface area contributed by atoms with E-state index in [0.29, 0.717) is 38.2 Å². The predicted molar refractivity (Wildman–Crippen MR) is 131 cm³/mol. The number of carbonyl (C=O) groups excluding carboxylic acids is 1. The number of hydrogen-bond donors (Lipinski definition) is 0. The lowest BCUT2D eigenvalue weighted by Crippen LogP contribution is -2.41. The minimum atomic E-state index is 0.0283. The van der Waals surface area contributed by atoms with Gasteiger partial charge in [0, 0.05) is 23.7 Å². The summed E-state index contributed by atoms with van der Waals surface area (Å²) in [4.78, 5) is 15.8. The highest BCUT2D eigenvalue weighted by Gasteiger charge is 2.48. The second-order valence-corrected chi connectivity index (χ2v) is 10.4. The van der Waals surface area contributed by atoms with Gasteiger partial charge in [0.15, 0.2) is 0 Å². The van der Waals surface area contributed by atoms with E-state index in [1.807, 2.05) is 35.2 Å². The van der Waals surface area contributed by atoms with Crippen molar-refractivity contribution in [2.24, 2.45) is 11.8 Å². The molecule has 0 spiro atoms. The normalized spacial score (nSPS) is 25.9. The molecule has 7 heteroatoms. The SMILES string of the molecule is CCc1cc(-c2cc(OC)cc(OC)c2)oc1C=C1SC(=S)N(C2CC3CCC2C3)C1=O. The summed E-state index contributed by atoms with van der Waals surface area (Å²) in [5.41, 5.74) is 1.91. The second-order valence-electron chi connectivity index (χ2n) is 8.75. The van der Waals surface area contributed by atoms with Crippen LogP contribution in [0.1, 0.15) is 43.9 Å². The van der Waals surface area contributed by atoms with Gasteiger partial charge in [-0.1, -0.05) is 37.3 Å². The van der Waals surface area contributed by atoms with Gasteiger partial charge in [-0.2, -0.15) is 0 Å². The van der Waals surface area contributed by atoms with Crippen molar-refractivity contribution in [2.45, 2.75) is 45.1 Å². The number of thioether (sulfide) groups is 1. The third kappa shape index (κ3) is 3.75. The Kier molecular flexibility index (Phi) is 5.80. The van der Waals surface area contributed by atoms with Crippen molar-refractivity contribution in [3.05, 3.63) is 40.5 Å². The van der Waals surface area contributed by atoms with E-state index < -0.39 is 0 Å². The summed E-state index contributed by atoms with van der Waals surface area (Å²) in [6, 6.07) is 7.96. The van der Waals surface area contributed by atoms with Crippen LogP contribution in [0.4, 0.5) is 0 Å². The van der Waals surface area contributed by atoms with E-state index in [9.17, 15) is 4.79 Å². The lowest BCUT2D eigenvalue weighted by atomic mass is 9.94. The maximum atomic E-state index is 13.3. The molecule has 3 fully saturated rings. The van der Waals surface area contributed by atoms with Crippen LogP contribution in [0.15, 0.2) is 33.6 Å². The molecule has 5 rings (SSSR count). The summed E-state index contributed by atoms with van der Waals surface area (Å²) >= 11 is 7.03. The molecule has 168 valence electrons. The fourth-order valence-corrected chi connectivity index (χ4v) is 6.69. The molecule has 1 aromatic heterocycles. The van der Waals surface area contributed by atoms with E-state index in [-0.39, 0.29) is 11.9 Å². The van der Waals surface area contributed by atoms with Crippen molar-refractivity contribution in [1.29, 1.82) is 0 Å². The zero-order valence-electron chi connectivity index (χ0n) is 18.6. The van der Waals surface area contributed by atoms with Crippen LogP contribution < -0.4 is 9.47 Å². The van der Waals surface area contributed by atoms with Gasteiger partial charge in [-0.05, 0) is 61.3 Å². The standard InChI is InChI=1S/C25H27NO4S2/c1-4-15-11-21(17-9-18(28-2)12-19(10-17)29-3)30-22(15)13-23-24(27)26(25(31)32-23)20-8-14-5-6-16(20)7-14/h9-14,16,20H,4-8H2,1-3H3. The number of thiocarbonyl (C=S) groups is 1. The fourth-order valence-electron chi connectivity index (χ4n) is 5.35. The first-order chi connectivity index (χ1) is 15.5. The molecule has 2 saturated carbocycles. The van der Waals surface area contributed by atoms with E-state index in [4.69, 9.17) is 26.1 Å². The maximum Gasteiger partial charge on any atom is 0.266 e. The quantitative estimate of drug-likeness (QED) is 0.387. The van der Waals surface area contributed by atoms with Crippen LogP contribution >= 0.6 is 24.0 Å². The number of benzene rings is 1. The van der Waals surface area contributed by atoms with Crippen molar-refractivity contribution in [2.75, 3.05) is 14.2 Å². The molecule has 2 aromatic rings. The zero-order chi connectivity index (χ0) is 22.4. The molecule has 2 heterocycles. The number of fused-ring (bicyclic) bond motifs is 2.